The van der Waals surface area contributed by atoms with Gasteiger partial charge < -0.3 is 19.6 Å². The largest absolute Gasteiger partial charge is 0.459 e. The number of carbonyl (C=O) groups excluding carboxylic acids is 1. The van der Waals surface area contributed by atoms with Crippen LogP contribution in [0, 0.1) is 5.41 Å². The molecule has 0 bridgehead atoms. The molecule has 0 spiro atoms. The Balaban J connectivity index is 2.13. The number of fused-ring (bicyclic) bond motifs is 1. The number of nitrogens with two attached hydrogens (primary N) is 1. The number of oxazole rings is 1. The molecule has 0 saturated carbocycles. The maximum absolute atomic E-state index is 11.2. The van der Waals surface area contributed by atoms with E-state index in [0.717, 1.165) is 0 Å². The number of hydrogen-bond acceptors (Lipinski definition) is 7. The van der Waals surface area contributed by atoms with Crippen LogP contribution >= 0.6 is 11.6 Å². The van der Waals surface area contributed by atoms with Crippen LogP contribution in [0.2, 0.25) is 5.02 Å². The smallest absolute Gasteiger partial charge is 0.394 e. The lowest BCUT2D eigenvalue weighted by molar-refractivity contribution is -0.136. The number of rotatable bonds is 2. The topological polar surface area (TPSA) is 124 Å². The summed E-state index contributed by atoms with van der Waals surface area (Å²) >= 11 is 5.81. The molecule has 0 radical (unpaired) electrons. The number of nitrogens with zero attached hydrogens (tertiary/aromatic N) is 2. The number of ether oxygens (including phenoxy) is 2. The van der Waals surface area contributed by atoms with E-state index in [2.05, 4.69) is 14.7 Å². The van der Waals surface area contributed by atoms with Crippen molar-refractivity contribution in [1.29, 1.82) is 5.41 Å². The molecule has 0 saturated heterocycles. The first-order chi connectivity index (χ1) is 9.99. The molecule has 21 heavy (non-hydrogen) atoms. The van der Waals surface area contributed by atoms with E-state index in [1.54, 1.807) is 25.1 Å². The minimum absolute atomic E-state index is 0.0820. The molecule has 0 atom stereocenters. The van der Waals surface area contributed by atoms with Crippen LogP contribution in [0.25, 0.3) is 11.1 Å². The van der Waals surface area contributed by atoms with Gasteiger partial charge in [0, 0.05) is 11.1 Å². The van der Waals surface area contributed by atoms with Gasteiger partial charge >= 0.3 is 17.9 Å². The van der Waals surface area contributed by atoms with Crippen molar-refractivity contribution in [3.8, 4) is 0 Å². The molecule has 110 valence electrons. The molecule has 1 aromatic carbocycles. The Morgan fingerprint density at radius 1 is 1.57 bits per heavy atom. The Morgan fingerprint density at radius 2 is 2.33 bits per heavy atom. The lowest BCUT2D eigenvalue weighted by Gasteiger charge is -2.03. The Kier molecular flexibility index (Phi) is 4.39. The van der Waals surface area contributed by atoms with Crippen LogP contribution in [0.3, 0.4) is 0 Å². The molecule has 2 aromatic rings. The Bertz CT molecular complexity index is 725. The summed E-state index contributed by atoms with van der Waals surface area (Å²) < 4.78 is 14.5. The molecule has 0 aliphatic rings. The van der Waals surface area contributed by atoms with Gasteiger partial charge in [-0.2, -0.15) is 4.98 Å². The van der Waals surface area contributed by atoms with Gasteiger partial charge in [-0.25, -0.2) is 4.79 Å². The lowest BCUT2D eigenvalue weighted by Crippen LogP contribution is -2.27. The zero-order valence-electron chi connectivity index (χ0n) is 10.9. The Labute approximate surface area is 124 Å². The van der Waals surface area contributed by atoms with Crippen LogP contribution in [0.4, 0.5) is 6.01 Å². The van der Waals surface area contributed by atoms with Crippen LogP contribution in [-0.4, -0.2) is 29.5 Å². The van der Waals surface area contributed by atoms with Crippen molar-refractivity contribution in [2.75, 3.05) is 6.61 Å². The third kappa shape index (κ3) is 3.69. The molecule has 2 rings (SSSR count). The minimum atomic E-state index is -0.944. The molecular weight excluding hydrogens is 300 g/mol. The van der Waals surface area contributed by atoms with E-state index < -0.39 is 17.9 Å². The van der Waals surface area contributed by atoms with Gasteiger partial charge in [-0.15, -0.1) is 4.99 Å². The summed E-state index contributed by atoms with van der Waals surface area (Å²) in [6, 6.07) is 4.32. The fourth-order valence-electron chi connectivity index (χ4n) is 1.39. The number of esters is 1. The summed E-state index contributed by atoms with van der Waals surface area (Å²) in [6.45, 7) is 1.72. The summed E-state index contributed by atoms with van der Waals surface area (Å²) in [7, 11) is 0. The number of hydrogen-bond donors (Lipinski definition) is 2. The van der Waals surface area contributed by atoms with E-state index >= 15 is 0 Å². The van der Waals surface area contributed by atoms with Crippen LogP contribution in [0.1, 0.15) is 6.92 Å². The summed E-state index contributed by atoms with van der Waals surface area (Å²) in [5, 5.41) is 7.79. The minimum Gasteiger partial charge on any atom is -0.459 e. The predicted octanol–water partition coefficient (Wildman–Crippen LogP) is 1.98. The van der Waals surface area contributed by atoms with Crippen molar-refractivity contribution < 1.29 is 18.7 Å². The highest BCUT2D eigenvalue weighted by atomic mass is 35.5. The van der Waals surface area contributed by atoms with Crippen molar-refractivity contribution >= 4 is 46.6 Å². The number of aromatic nitrogens is 1. The SMILES string of the molecule is CCOC(=O)C(=N)O/C(N)=N/c1nc2ccc(Cl)cc2o1. The number of nitrogens with one attached hydrogen (secondary N) is 1. The zero-order valence-corrected chi connectivity index (χ0v) is 11.7. The first kappa shape index (κ1) is 14.8. The maximum Gasteiger partial charge on any atom is 0.394 e. The molecule has 0 amide bonds. The first-order valence-corrected chi connectivity index (χ1v) is 6.21. The first-order valence-electron chi connectivity index (χ1n) is 5.83. The number of aliphatic imine (C=N–C) groups is 1. The van der Waals surface area contributed by atoms with E-state index in [0.29, 0.717) is 16.1 Å². The molecule has 0 unspecified atom stereocenters. The van der Waals surface area contributed by atoms with Crippen molar-refractivity contribution in [3.63, 3.8) is 0 Å². The molecule has 0 fully saturated rings. The second kappa shape index (κ2) is 6.23. The fraction of sp³-hybridized carbons (Fsp3) is 0.167. The van der Waals surface area contributed by atoms with Crippen molar-refractivity contribution in [3.05, 3.63) is 23.2 Å². The van der Waals surface area contributed by atoms with E-state index in [-0.39, 0.29) is 12.6 Å². The quantitative estimate of drug-likeness (QED) is 0.496. The van der Waals surface area contributed by atoms with Gasteiger partial charge in [0.25, 0.3) is 6.02 Å². The molecule has 3 N–H and O–H groups in total. The van der Waals surface area contributed by atoms with E-state index in [9.17, 15) is 4.79 Å². The van der Waals surface area contributed by atoms with Crippen LogP contribution in [0.15, 0.2) is 27.6 Å². The van der Waals surface area contributed by atoms with Crippen molar-refractivity contribution in [2.24, 2.45) is 10.7 Å². The average molecular weight is 311 g/mol. The summed E-state index contributed by atoms with van der Waals surface area (Å²) in [5.41, 5.74) is 6.40. The highest BCUT2D eigenvalue weighted by molar-refractivity contribution is 6.33. The highest BCUT2D eigenvalue weighted by Gasteiger charge is 2.14. The Hall–Kier alpha value is -2.61. The number of benzene rings is 1. The summed E-state index contributed by atoms with van der Waals surface area (Å²) in [6.07, 6.45) is 0. The van der Waals surface area contributed by atoms with Gasteiger partial charge in [0.15, 0.2) is 5.58 Å². The van der Waals surface area contributed by atoms with E-state index in [4.69, 9.17) is 31.9 Å². The van der Waals surface area contributed by atoms with Crippen LogP contribution in [0.5, 0.6) is 0 Å². The van der Waals surface area contributed by atoms with Crippen molar-refractivity contribution in [2.45, 2.75) is 6.92 Å². The Morgan fingerprint density at radius 3 is 3.05 bits per heavy atom. The molecule has 0 aliphatic carbocycles. The van der Waals surface area contributed by atoms with E-state index in [1.165, 1.54) is 0 Å². The molecule has 9 heteroatoms. The van der Waals surface area contributed by atoms with Gasteiger partial charge in [0.2, 0.25) is 0 Å². The van der Waals surface area contributed by atoms with Crippen LogP contribution < -0.4 is 5.73 Å². The third-order valence-corrected chi connectivity index (χ3v) is 2.45. The van der Waals surface area contributed by atoms with Gasteiger partial charge in [-0.05, 0) is 19.1 Å². The summed E-state index contributed by atoms with van der Waals surface area (Å²) in [5.74, 6) is -1.72. The third-order valence-electron chi connectivity index (χ3n) is 2.21. The second-order valence-corrected chi connectivity index (χ2v) is 4.15. The molecule has 1 heterocycles. The number of halogens is 1. The fourth-order valence-corrected chi connectivity index (χ4v) is 1.56. The lowest BCUT2D eigenvalue weighted by atomic mass is 10.3. The normalized spacial score (nSPS) is 11.4. The average Bonchev–Trinajstić information content (AvgIpc) is 2.79. The molecule has 1 aromatic heterocycles. The number of carbonyl (C=O) groups is 1. The van der Waals surface area contributed by atoms with Gasteiger partial charge in [0.1, 0.15) is 5.52 Å². The molecule has 8 nitrogen and oxygen atoms in total. The van der Waals surface area contributed by atoms with Crippen LogP contribution in [-0.2, 0) is 14.3 Å². The van der Waals surface area contributed by atoms with Crippen molar-refractivity contribution in [1.82, 2.24) is 4.98 Å². The molecule has 0 aliphatic heterocycles. The maximum atomic E-state index is 11.2. The van der Waals surface area contributed by atoms with Gasteiger partial charge in [-0.1, -0.05) is 11.6 Å². The standard InChI is InChI=1S/C12H11ClN4O4/c1-2-19-10(18)9(14)21-11(15)17-12-16-7-4-3-6(13)5-8(7)20-12/h3-5,14H,2H2,1H3,(H2,15,16,17). The monoisotopic (exact) mass is 310 g/mol. The van der Waals surface area contributed by atoms with Gasteiger partial charge in [0.05, 0.1) is 6.61 Å². The summed E-state index contributed by atoms with van der Waals surface area (Å²) in [4.78, 5) is 18.9. The number of amidine groups is 1. The molecular formula is C12H11ClN4O4. The van der Waals surface area contributed by atoms with Gasteiger partial charge in [-0.3, -0.25) is 5.41 Å². The second-order valence-electron chi connectivity index (χ2n) is 3.71. The zero-order chi connectivity index (χ0) is 15.4. The predicted molar refractivity (Wildman–Crippen MR) is 75.7 cm³/mol. The highest BCUT2D eigenvalue weighted by Crippen LogP contribution is 2.23. The van der Waals surface area contributed by atoms with E-state index in [1.807, 2.05) is 0 Å².